The minimum atomic E-state index is -0.0175. The van der Waals surface area contributed by atoms with E-state index >= 15 is 0 Å². The average Bonchev–Trinajstić information content (AvgIpc) is 3.03. The SMILES string of the molecule is O=C(CCc1ccccc1)Nc1cnn(Cc2ccccc2Cl)c1. The van der Waals surface area contributed by atoms with Crippen molar-refractivity contribution in [3.63, 3.8) is 0 Å². The molecule has 1 aromatic heterocycles. The number of rotatable bonds is 6. The van der Waals surface area contributed by atoms with Gasteiger partial charge >= 0.3 is 0 Å². The van der Waals surface area contributed by atoms with Crippen LogP contribution in [0.5, 0.6) is 0 Å². The highest BCUT2D eigenvalue weighted by molar-refractivity contribution is 6.31. The molecular weight excluding hydrogens is 322 g/mol. The van der Waals surface area contributed by atoms with Gasteiger partial charge in [0, 0.05) is 17.6 Å². The number of halogens is 1. The Morgan fingerprint density at radius 1 is 1.08 bits per heavy atom. The van der Waals surface area contributed by atoms with Crippen molar-refractivity contribution in [2.75, 3.05) is 5.32 Å². The van der Waals surface area contributed by atoms with Gasteiger partial charge in [-0.2, -0.15) is 5.10 Å². The minimum absolute atomic E-state index is 0.0175. The van der Waals surface area contributed by atoms with Crippen molar-refractivity contribution in [1.29, 1.82) is 0 Å². The molecule has 0 fully saturated rings. The minimum Gasteiger partial charge on any atom is -0.323 e. The van der Waals surface area contributed by atoms with Gasteiger partial charge in [0.15, 0.2) is 0 Å². The number of amides is 1. The molecule has 0 spiro atoms. The second-order valence-corrected chi connectivity index (χ2v) is 5.96. The Labute approximate surface area is 146 Å². The predicted molar refractivity (Wildman–Crippen MR) is 96.2 cm³/mol. The number of nitrogens with zero attached hydrogens (tertiary/aromatic N) is 2. The molecule has 1 heterocycles. The molecule has 0 aliphatic carbocycles. The zero-order valence-corrected chi connectivity index (χ0v) is 13.9. The van der Waals surface area contributed by atoms with Crippen LogP contribution in [0, 0.1) is 0 Å². The van der Waals surface area contributed by atoms with E-state index in [1.54, 1.807) is 10.9 Å². The van der Waals surface area contributed by atoms with Gasteiger partial charge < -0.3 is 5.32 Å². The first-order chi connectivity index (χ1) is 11.7. The number of carbonyl (C=O) groups is 1. The van der Waals surface area contributed by atoms with E-state index in [2.05, 4.69) is 10.4 Å². The van der Waals surface area contributed by atoms with E-state index in [1.165, 1.54) is 0 Å². The van der Waals surface area contributed by atoms with Gasteiger partial charge in [-0.15, -0.1) is 0 Å². The fourth-order valence-electron chi connectivity index (χ4n) is 2.44. The lowest BCUT2D eigenvalue weighted by Crippen LogP contribution is -2.11. The summed E-state index contributed by atoms with van der Waals surface area (Å²) in [6.45, 7) is 0.569. The third-order valence-electron chi connectivity index (χ3n) is 3.69. The second kappa shape index (κ2) is 7.79. The first-order valence-corrected chi connectivity index (χ1v) is 8.18. The van der Waals surface area contributed by atoms with Gasteiger partial charge in [0.05, 0.1) is 18.4 Å². The van der Waals surface area contributed by atoms with Crippen molar-refractivity contribution in [3.8, 4) is 0 Å². The summed E-state index contributed by atoms with van der Waals surface area (Å²) < 4.78 is 1.76. The van der Waals surface area contributed by atoms with E-state index in [1.807, 2.05) is 60.8 Å². The Morgan fingerprint density at radius 2 is 1.83 bits per heavy atom. The highest BCUT2D eigenvalue weighted by atomic mass is 35.5. The molecule has 0 unspecified atom stereocenters. The monoisotopic (exact) mass is 339 g/mol. The van der Waals surface area contributed by atoms with E-state index in [0.29, 0.717) is 23.7 Å². The topological polar surface area (TPSA) is 46.9 Å². The Hall–Kier alpha value is -2.59. The van der Waals surface area contributed by atoms with Crippen LogP contribution in [0.2, 0.25) is 5.02 Å². The van der Waals surface area contributed by atoms with Gasteiger partial charge in [-0.1, -0.05) is 60.1 Å². The van der Waals surface area contributed by atoms with Crippen LogP contribution in [0.25, 0.3) is 0 Å². The molecule has 24 heavy (non-hydrogen) atoms. The third-order valence-corrected chi connectivity index (χ3v) is 4.06. The van der Waals surface area contributed by atoms with E-state index in [9.17, 15) is 4.79 Å². The molecule has 5 heteroatoms. The molecule has 0 aliphatic rings. The number of aryl methyl sites for hydroxylation is 1. The van der Waals surface area contributed by atoms with Crippen molar-refractivity contribution >= 4 is 23.2 Å². The summed E-state index contributed by atoms with van der Waals surface area (Å²) >= 11 is 6.15. The normalized spacial score (nSPS) is 10.5. The third kappa shape index (κ3) is 4.46. The molecule has 122 valence electrons. The lowest BCUT2D eigenvalue weighted by atomic mass is 10.1. The van der Waals surface area contributed by atoms with Gasteiger partial charge in [0.25, 0.3) is 0 Å². The summed E-state index contributed by atoms with van der Waals surface area (Å²) in [5.74, 6) is -0.0175. The van der Waals surface area contributed by atoms with Crippen LogP contribution in [0.15, 0.2) is 67.0 Å². The van der Waals surface area contributed by atoms with Crippen molar-refractivity contribution < 1.29 is 4.79 Å². The number of carbonyl (C=O) groups excluding carboxylic acids is 1. The highest BCUT2D eigenvalue weighted by Crippen LogP contribution is 2.17. The molecule has 1 N–H and O–H groups in total. The summed E-state index contributed by atoms with van der Waals surface area (Å²) in [6.07, 6.45) is 4.63. The molecule has 0 radical (unpaired) electrons. The zero-order chi connectivity index (χ0) is 16.8. The number of hydrogen-bond donors (Lipinski definition) is 1. The standard InChI is InChI=1S/C19H18ClN3O/c20-18-9-5-4-8-16(18)13-23-14-17(12-21-23)22-19(24)11-10-15-6-2-1-3-7-15/h1-9,12,14H,10-11,13H2,(H,22,24). The summed E-state index contributed by atoms with van der Waals surface area (Å²) in [6, 6.07) is 17.6. The van der Waals surface area contributed by atoms with Gasteiger partial charge in [0.1, 0.15) is 0 Å². The molecular formula is C19H18ClN3O. The summed E-state index contributed by atoms with van der Waals surface area (Å²) in [5.41, 5.74) is 2.84. The van der Waals surface area contributed by atoms with Crippen LogP contribution in [-0.4, -0.2) is 15.7 Å². The summed E-state index contributed by atoms with van der Waals surface area (Å²) in [4.78, 5) is 12.0. The number of nitrogens with one attached hydrogen (secondary N) is 1. The number of benzene rings is 2. The maximum absolute atomic E-state index is 12.0. The van der Waals surface area contributed by atoms with E-state index in [4.69, 9.17) is 11.6 Å². The van der Waals surface area contributed by atoms with Crippen LogP contribution in [0.3, 0.4) is 0 Å². The lowest BCUT2D eigenvalue weighted by Gasteiger charge is -2.04. The summed E-state index contributed by atoms with van der Waals surface area (Å²) in [5, 5.41) is 7.85. The second-order valence-electron chi connectivity index (χ2n) is 5.55. The quantitative estimate of drug-likeness (QED) is 0.733. The first kappa shape index (κ1) is 16.3. The van der Waals surface area contributed by atoms with Crippen LogP contribution in [0.4, 0.5) is 5.69 Å². The lowest BCUT2D eigenvalue weighted by molar-refractivity contribution is -0.116. The number of anilines is 1. The molecule has 0 saturated heterocycles. The fraction of sp³-hybridized carbons (Fsp3) is 0.158. The Kier molecular flexibility index (Phi) is 5.29. The fourth-order valence-corrected chi connectivity index (χ4v) is 2.64. The predicted octanol–water partition coefficient (Wildman–Crippen LogP) is 4.16. The summed E-state index contributed by atoms with van der Waals surface area (Å²) in [7, 11) is 0. The van der Waals surface area contributed by atoms with Gasteiger partial charge in [-0.25, -0.2) is 0 Å². The molecule has 0 saturated carbocycles. The average molecular weight is 340 g/mol. The van der Waals surface area contributed by atoms with Crippen LogP contribution < -0.4 is 5.32 Å². The van der Waals surface area contributed by atoms with Crippen LogP contribution in [-0.2, 0) is 17.8 Å². The first-order valence-electron chi connectivity index (χ1n) is 7.80. The van der Waals surface area contributed by atoms with Gasteiger partial charge in [0.2, 0.25) is 5.91 Å². The van der Waals surface area contributed by atoms with Crippen molar-refractivity contribution in [1.82, 2.24) is 9.78 Å². The smallest absolute Gasteiger partial charge is 0.224 e. The van der Waals surface area contributed by atoms with E-state index in [-0.39, 0.29) is 5.91 Å². The molecule has 2 aromatic carbocycles. The Balaban J connectivity index is 1.54. The maximum atomic E-state index is 12.0. The molecule has 0 aliphatic heterocycles. The van der Waals surface area contributed by atoms with Crippen LogP contribution >= 0.6 is 11.6 Å². The van der Waals surface area contributed by atoms with Crippen molar-refractivity contribution in [2.24, 2.45) is 0 Å². The maximum Gasteiger partial charge on any atom is 0.224 e. The highest BCUT2D eigenvalue weighted by Gasteiger charge is 2.06. The van der Waals surface area contributed by atoms with E-state index in [0.717, 1.165) is 17.5 Å². The largest absolute Gasteiger partial charge is 0.323 e. The van der Waals surface area contributed by atoms with Crippen molar-refractivity contribution in [2.45, 2.75) is 19.4 Å². The Bertz CT molecular complexity index is 814. The van der Waals surface area contributed by atoms with Gasteiger partial charge in [-0.3, -0.25) is 9.48 Å². The molecule has 0 bridgehead atoms. The molecule has 4 nitrogen and oxygen atoms in total. The molecule has 1 amide bonds. The Morgan fingerprint density at radius 3 is 2.62 bits per heavy atom. The number of hydrogen-bond acceptors (Lipinski definition) is 2. The van der Waals surface area contributed by atoms with Gasteiger partial charge in [-0.05, 0) is 23.6 Å². The van der Waals surface area contributed by atoms with Crippen LogP contribution in [0.1, 0.15) is 17.5 Å². The molecule has 3 aromatic rings. The molecule has 0 atom stereocenters. The van der Waals surface area contributed by atoms with Crippen molar-refractivity contribution in [3.05, 3.63) is 83.1 Å². The zero-order valence-electron chi connectivity index (χ0n) is 13.2. The van der Waals surface area contributed by atoms with E-state index < -0.39 is 0 Å². The molecule has 3 rings (SSSR count). The number of aromatic nitrogens is 2.